The van der Waals surface area contributed by atoms with Crippen LogP contribution in [0.1, 0.15) is 33.1 Å². The van der Waals surface area contributed by atoms with Crippen LogP contribution in [0, 0.1) is 15.4 Å². The first-order valence-corrected chi connectivity index (χ1v) is 10.2. The van der Waals surface area contributed by atoms with Crippen molar-refractivity contribution in [1.82, 2.24) is 9.88 Å². The van der Waals surface area contributed by atoms with Gasteiger partial charge in [-0.3, -0.25) is 4.79 Å². The number of hydrogen-bond acceptors (Lipinski definition) is 3. The van der Waals surface area contributed by atoms with E-state index >= 15 is 0 Å². The number of anilines is 1. The molecule has 0 aromatic carbocycles. The zero-order valence-corrected chi connectivity index (χ0v) is 16.8. The summed E-state index contributed by atoms with van der Waals surface area (Å²) >= 11 is 2.28. The molecule has 2 fully saturated rings. The molecule has 1 saturated heterocycles. The molecule has 1 aromatic rings. The zero-order chi connectivity index (χ0) is 17.6. The Bertz CT molecular complexity index is 723. The van der Waals surface area contributed by atoms with E-state index < -0.39 is 0 Å². The number of rotatable bonds is 3. The molecule has 1 amide bonds. The van der Waals surface area contributed by atoms with E-state index in [9.17, 15) is 4.79 Å². The van der Waals surface area contributed by atoms with E-state index in [1.54, 1.807) is 6.92 Å². The van der Waals surface area contributed by atoms with Crippen LogP contribution in [0.2, 0.25) is 0 Å². The molecule has 1 saturated carbocycles. The van der Waals surface area contributed by atoms with Crippen molar-refractivity contribution in [2.75, 3.05) is 5.32 Å². The van der Waals surface area contributed by atoms with Crippen molar-refractivity contribution in [2.24, 2.45) is 11.8 Å². The van der Waals surface area contributed by atoms with Crippen molar-refractivity contribution in [3.05, 3.63) is 45.7 Å². The molecular weight excluding hydrogens is 425 g/mol. The average molecular weight is 449 g/mol. The summed E-state index contributed by atoms with van der Waals surface area (Å²) in [4.78, 5) is 19.2. The van der Waals surface area contributed by atoms with E-state index in [1.807, 2.05) is 12.3 Å². The Morgan fingerprint density at radius 1 is 1.36 bits per heavy atom. The molecule has 0 bridgehead atoms. The number of hydrogen-bond donors (Lipinski definition) is 1. The van der Waals surface area contributed by atoms with Crippen LogP contribution in [0.15, 0.2) is 42.1 Å². The van der Waals surface area contributed by atoms with E-state index in [4.69, 9.17) is 0 Å². The molecule has 4 rings (SSSR count). The SMILES string of the molecule is CC(=O)N1C2CC=CC=C2C(Nc2ccc(I)cn2)[C@@H](C)[C@@H]1C1CC1. The van der Waals surface area contributed by atoms with Crippen LogP contribution in [0.3, 0.4) is 0 Å². The van der Waals surface area contributed by atoms with E-state index in [1.165, 1.54) is 18.4 Å². The minimum Gasteiger partial charge on any atom is -0.363 e. The van der Waals surface area contributed by atoms with E-state index in [2.05, 4.69) is 69.0 Å². The first-order chi connectivity index (χ1) is 12.1. The Kier molecular flexibility index (Phi) is 4.60. The predicted molar refractivity (Wildman–Crippen MR) is 108 cm³/mol. The van der Waals surface area contributed by atoms with Crippen LogP contribution in [0.5, 0.6) is 0 Å². The molecule has 5 heteroatoms. The van der Waals surface area contributed by atoms with Crippen molar-refractivity contribution in [3.63, 3.8) is 0 Å². The van der Waals surface area contributed by atoms with Gasteiger partial charge in [0.15, 0.2) is 0 Å². The largest absolute Gasteiger partial charge is 0.363 e. The molecule has 4 atom stereocenters. The number of halogens is 1. The first-order valence-electron chi connectivity index (χ1n) is 9.10. The Balaban J connectivity index is 1.69. The van der Waals surface area contributed by atoms with Crippen LogP contribution in [0.25, 0.3) is 0 Å². The van der Waals surface area contributed by atoms with Crippen molar-refractivity contribution in [1.29, 1.82) is 0 Å². The molecule has 1 N–H and O–H groups in total. The fourth-order valence-corrected chi connectivity index (χ4v) is 4.86. The van der Waals surface area contributed by atoms with Gasteiger partial charge in [0, 0.05) is 28.7 Å². The van der Waals surface area contributed by atoms with Crippen LogP contribution in [0.4, 0.5) is 5.82 Å². The molecule has 4 nitrogen and oxygen atoms in total. The zero-order valence-electron chi connectivity index (χ0n) is 14.7. The third kappa shape index (κ3) is 3.23. The van der Waals surface area contributed by atoms with E-state index in [0.717, 1.165) is 15.8 Å². The monoisotopic (exact) mass is 449 g/mol. The lowest BCUT2D eigenvalue weighted by Crippen LogP contribution is -2.61. The summed E-state index contributed by atoms with van der Waals surface area (Å²) in [7, 11) is 0. The lowest BCUT2D eigenvalue weighted by atomic mass is 9.74. The molecule has 0 spiro atoms. The lowest BCUT2D eigenvalue weighted by molar-refractivity contribution is -0.136. The molecule has 1 aliphatic heterocycles. The predicted octanol–water partition coefficient (Wildman–Crippen LogP) is 4.00. The number of allylic oxidation sites excluding steroid dienone is 2. The Morgan fingerprint density at radius 2 is 2.16 bits per heavy atom. The fraction of sp³-hybridized carbons (Fsp3) is 0.500. The second-order valence-electron chi connectivity index (χ2n) is 7.44. The highest BCUT2D eigenvalue weighted by Gasteiger charge is 2.50. The highest BCUT2D eigenvalue weighted by molar-refractivity contribution is 14.1. The van der Waals surface area contributed by atoms with Crippen molar-refractivity contribution >= 4 is 34.3 Å². The van der Waals surface area contributed by atoms with Crippen LogP contribution < -0.4 is 5.32 Å². The molecule has 2 unspecified atom stereocenters. The molecule has 132 valence electrons. The van der Waals surface area contributed by atoms with Gasteiger partial charge in [0.2, 0.25) is 5.91 Å². The third-order valence-electron chi connectivity index (χ3n) is 5.75. The summed E-state index contributed by atoms with van der Waals surface area (Å²) in [6, 6.07) is 4.87. The highest BCUT2D eigenvalue weighted by atomic mass is 127. The number of pyridine rings is 1. The van der Waals surface area contributed by atoms with Crippen molar-refractivity contribution in [2.45, 2.75) is 51.2 Å². The summed E-state index contributed by atoms with van der Waals surface area (Å²) < 4.78 is 1.14. The standard InChI is InChI=1S/C20H24IN3O/c1-12-19(23-18-10-9-15(21)11-22-18)16-5-3-4-6-17(16)24(13(2)25)20(12)14-7-8-14/h3-5,9-12,14,17,19-20H,6-8H2,1-2H3,(H,22,23)/t12-,17?,19?,20-/m1/s1. The van der Waals surface area contributed by atoms with Crippen molar-refractivity contribution < 1.29 is 4.79 Å². The Hall–Kier alpha value is -1.37. The number of piperidine rings is 1. The average Bonchev–Trinajstić information content (AvgIpc) is 3.43. The summed E-state index contributed by atoms with van der Waals surface area (Å²) in [5, 5.41) is 3.67. The van der Waals surface area contributed by atoms with E-state index in [-0.39, 0.29) is 18.0 Å². The Labute approximate surface area is 162 Å². The number of carbonyl (C=O) groups excluding carboxylic acids is 1. The molecule has 2 heterocycles. The highest BCUT2D eigenvalue weighted by Crippen LogP contribution is 2.46. The van der Waals surface area contributed by atoms with Gasteiger partial charge >= 0.3 is 0 Å². The van der Waals surface area contributed by atoms with Gasteiger partial charge in [-0.1, -0.05) is 25.2 Å². The molecule has 0 radical (unpaired) electrons. The van der Waals surface area contributed by atoms with Gasteiger partial charge in [-0.15, -0.1) is 0 Å². The van der Waals surface area contributed by atoms with Crippen LogP contribution in [-0.2, 0) is 4.79 Å². The summed E-state index contributed by atoms with van der Waals surface area (Å²) in [6.07, 6.45) is 11.8. The van der Waals surface area contributed by atoms with Crippen molar-refractivity contribution in [3.8, 4) is 0 Å². The molecule has 1 aromatic heterocycles. The maximum Gasteiger partial charge on any atom is 0.220 e. The topological polar surface area (TPSA) is 45.2 Å². The lowest BCUT2D eigenvalue weighted by Gasteiger charge is -2.51. The maximum absolute atomic E-state index is 12.5. The first kappa shape index (κ1) is 17.1. The van der Waals surface area contributed by atoms with Gasteiger partial charge in [-0.25, -0.2) is 4.98 Å². The number of carbonyl (C=O) groups is 1. The fourth-order valence-electron chi connectivity index (χ4n) is 4.54. The van der Waals surface area contributed by atoms with Gasteiger partial charge in [0.1, 0.15) is 5.82 Å². The van der Waals surface area contributed by atoms with Gasteiger partial charge in [-0.05, 0) is 65.5 Å². The smallest absolute Gasteiger partial charge is 0.220 e. The number of amides is 1. The normalized spacial score (nSPS) is 31.3. The second kappa shape index (κ2) is 6.74. The summed E-state index contributed by atoms with van der Waals surface area (Å²) in [6.45, 7) is 4.02. The maximum atomic E-state index is 12.5. The van der Waals surface area contributed by atoms with Gasteiger partial charge in [0.05, 0.1) is 12.1 Å². The molecule has 25 heavy (non-hydrogen) atoms. The number of aromatic nitrogens is 1. The van der Waals surface area contributed by atoms with Crippen LogP contribution in [-0.4, -0.2) is 33.9 Å². The van der Waals surface area contributed by atoms with Gasteiger partial charge in [-0.2, -0.15) is 0 Å². The van der Waals surface area contributed by atoms with Gasteiger partial charge in [0.25, 0.3) is 0 Å². The number of fused-ring (bicyclic) bond motifs is 1. The second-order valence-corrected chi connectivity index (χ2v) is 8.69. The molecule has 3 aliphatic rings. The summed E-state index contributed by atoms with van der Waals surface area (Å²) in [5.41, 5.74) is 1.32. The Morgan fingerprint density at radius 3 is 2.80 bits per heavy atom. The summed E-state index contributed by atoms with van der Waals surface area (Å²) in [5.74, 6) is 2.14. The minimum absolute atomic E-state index is 0.186. The molecule has 2 aliphatic carbocycles. The van der Waals surface area contributed by atoms with Crippen LogP contribution >= 0.6 is 22.6 Å². The number of nitrogens with zero attached hydrogens (tertiary/aromatic N) is 2. The van der Waals surface area contributed by atoms with Gasteiger partial charge < -0.3 is 10.2 Å². The quantitative estimate of drug-likeness (QED) is 0.710. The third-order valence-corrected chi connectivity index (χ3v) is 6.39. The molecular formula is C20H24IN3O. The minimum atomic E-state index is 0.186. The van der Waals surface area contributed by atoms with E-state index in [0.29, 0.717) is 17.9 Å². The number of nitrogens with one attached hydrogen (secondary N) is 1. The number of likely N-dealkylation sites (tertiary alicyclic amines) is 1.